The molecule has 37 heavy (non-hydrogen) atoms. The number of carboxylic acids is 1. The number of aliphatic carboxylic acids is 1. The van der Waals surface area contributed by atoms with E-state index >= 15 is 0 Å². The van der Waals surface area contributed by atoms with Crippen LogP contribution in [0, 0.1) is 6.92 Å². The number of carbonyl (C=O) groups excluding carboxylic acids is 1. The van der Waals surface area contributed by atoms with Crippen LogP contribution in [0.5, 0.6) is 5.75 Å². The van der Waals surface area contributed by atoms with E-state index in [1.54, 1.807) is 25.1 Å². The SMILES string of the molecule is CCCCCCc1nc(-c2ccc(C(F)(F)F)cc2)sc1CCC(=O)c1ccc(OCC(=O)O)c(C)c1. The summed E-state index contributed by atoms with van der Waals surface area (Å²) in [6.07, 6.45) is 1.36. The molecule has 3 rings (SSSR count). The van der Waals surface area contributed by atoms with Gasteiger partial charge >= 0.3 is 12.1 Å². The number of halogens is 3. The normalized spacial score (nSPS) is 11.5. The number of benzene rings is 2. The molecule has 0 bridgehead atoms. The van der Waals surface area contributed by atoms with Gasteiger partial charge in [0.15, 0.2) is 12.4 Å². The van der Waals surface area contributed by atoms with Crippen LogP contribution in [0.15, 0.2) is 42.5 Å². The van der Waals surface area contributed by atoms with Gasteiger partial charge in [-0.1, -0.05) is 38.3 Å². The average Bonchev–Trinajstić information content (AvgIpc) is 3.26. The molecule has 9 heteroatoms. The van der Waals surface area contributed by atoms with Gasteiger partial charge in [-0.3, -0.25) is 4.79 Å². The molecular weight excluding hydrogens is 503 g/mol. The molecule has 0 atom stereocenters. The third-order valence-electron chi connectivity index (χ3n) is 5.93. The first-order chi connectivity index (χ1) is 17.6. The van der Waals surface area contributed by atoms with Crippen molar-refractivity contribution in [2.75, 3.05) is 6.61 Å². The third-order valence-corrected chi connectivity index (χ3v) is 7.14. The Balaban J connectivity index is 1.74. The number of carbonyl (C=O) groups is 2. The van der Waals surface area contributed by atoms with Crippen LogP contribution in [0.3, 0.4) is 0 Å². The van der Waals surface area contributed by atoms with E-state index in [0.29, 0.717) is 33.9 Å². The topological polar surface area (TPSA) is 76.5 Å². The highest BCUT2D eigenvalue weighted by molar-refractivity contribution is 7.15. The van der Waals surface area contributed by atoms with E-state index in [0.717, 1.165) is 54.8 Å². The lowest BCUT2D eigenvalue weighted by Gasteiger charge is -2.09. The molecule has 5 nitrogen and oxygen atoms in total. The number of unbranched alkanes of at least 4 members (excludes halogenated alkanes) is 3. The van der Waals surface area contributed by atoms with Gasteiger partial charge < -0.3 is 9.84 Å². The molecule has 3 aromatic rings. The molecule has 0 saturated heterocycles. The highest BCUT2D eigenvalue weighted by Gasteiger charge is 2.30. The number of hydrogen-bond donors (Lipinski definition) is 1. The quantitative estimate of drug-likeness (QED) is 0.181. The Morgan fingerprint density at radius 2 is 1.76 bits per heavy atom. The van der Waals surface area contributed by atoms with Gasteiger partial charge in [0.2, 0.25) is 0 Å². The van der Waals surface area contributed by atoms with Crippen molar-refractivity contribution in [2.45, 2.75) is 65.0 Å². The molecule has 0 aliphatic heterocycles. The molecule has 1 heterocycles. The first kappa shape index (κ1) is 28.4. The maximum Gasteiger partial charge on any atom is 0.416 e. The molecule has 0 radical (unpaired) electrons. The summed E-state index contributed by atoms with van der Waals surface area (Å²) in [6, 6.07) is 9.91. The van der Waals surface area contributed by atoms with Crippen molar-refractivity contribution < 1.29 is 32.6 Å². The molecule has 1 N–H and O–H groups in total. The van der Waals surface area contributed by atoms with Crippen LogP contribution in [0.25, 0.3) is 10.6 Å². The average molecular weight is 534 g/mol. The third kappa shape index (κ3) is 8.15. The van der Waals surface area contributed by atoms with E-state index < -0.39 is 24.3 Å². The smallest absolute Gasteiger partial charge is 0.416 e. The van der Waals surface area contributed by atoms with Gasteiger partial charge in [-0.25, -0.2) is 9.78 Å². The molecule has 2 aromatic carbocycles. The Bertz CT molecular complexity index is 1220. The Morgan fingerprint density at radius 1 is 1.03 bits per heavy atom. The Kier molecular flexibility index (Phi) is 9.86. The standard InChI is InChI=1S/C28H30F3NO4S/c1-3-4-5-6-7-22-25(37-27(32-22)19-8-11-21(12-9-19)28(29,30)31)15-13-23(33)20-10-14-24(18(2)16-20)36-17-26(34)35/h8-12,14,16H,3-7,13,15,17H2,1-2H3,(H,34,35). The molecule has 1 aromatic heterocycles. The Hall–Kier alpha value is -3.20. The predicted molar refractivity (Wildman–Crippen MR) is 137 cm³/mol. The molecule has 0 fully saturated rings. The second-order valence-corrected chi connectivity index (χ2v) is 9.94. The van der Waals surface area contributed by atoms with Crippen LogP contribution in [-0.2, 0) is 23.8 Å². The Labute approximate surface area is 218 Å². The fourth-order valence-electron chi connectivity index (χ4n) is 3.91. The minimum absolute atomic E-state index is 0.0608. The van der Waals surface area contributed by atoms with Crippen molar-refractivity contribution in [3.8, 4) is 16.3 Å². The van der Waals surface area contributed by atoms with Gasteiger partial charge in [-0.2, -0.15) is 13.2 Å². The molecule has 0 aliphatic carbocycles. The van der Waals surface area contributed by atoms with Crippen molar-refractivity contribution >= 4 is 23.1 Å². The van der Waals surface area contributed by atoms with Crippen LogP contribution >= 0.6 is 11.3 Å². The second kappa shape index (κ2) is 12.9. The maximum absolute atomic E-state index is 13.0. The molecule has 0 aliphatic rings. The first-order valence-electron chi connectivity index (χ1n) is 12.2. The molecular formula is C28H30F3NO4S. The number of alkyl halides is 3. The van der Waals surface area contributed by atoms with E-state index in [2.05, 4.69) is 6.92 Å². The number of rotatable bonds is 13. The largest absolute Gasteiger partial charge is 0.482 e. The minimum atomic E-state index is -4.39. The summed E-state index contributed by atoms with van der Waals surface area (Å²) in [6.45, 7) is 3.43. The van der Waals surface area contributed by atoms with Gasteiger partial charge in [-0.15, -0.1) is 11.3 Å². The second-order valence-electron chi connectivity index (χ2n) is 8.86. The summed E-state index contributed by atoms with van der Waals surface area (Å²) >= 11 is 1.42. The van der Waals surface area contributed by atoms with E-state index in [-0.39, 0.29) is 12.2 Å². The summed E-state index contributed by atoms with van der Waals surface area (Å²) in [7, 11) is 0. The summed E-state index contributed by atoms with van der Waals surface area (Å²) < 4.78 is 44.1. The number of hydrogen-bond acceptors (Lipinski definition) is 5. The van der Waals surface area contributed by atoms with Crippen molar-refractivity contribution in [3.05, 3.63) is 69.7 Å². The number of carboxylic acid groups (broad SMARTS) is 1. The van der Waals surface area contributed by atoms with E-state index in [9.17, 15) is 22.8 Å². The summed E-state index contributed by atoms with van der Waals surface area (Å²) in [5.41, 5.74) is 2.01. The lowest BCUT2D eigenvalue weighted by Crippen LogP contribution is -2.10. The van der Waals surface area contributed by atoms with Gasteiger partial charge in [0.25, 0.3) is 0 Å². The molecule has 0 amide bonds. The highest BCUT2D eigenvalue weighted by atomic mass is 32.1. The van der Waals surface area contributed by atoms with Crippen molar-refractivity contribution in [3.63, 3.8) is 0 Å². The van der Waals surface area contributed by atoms with Crippen LogP contribution < -0.4 is 4.74 Å². The van der Waals surface area contributed by atoms with Crippen LogP contribution in [0.4, 0.5) is 13.2 Å². The zero-order valence-electron chi connectivity index (χ0n) is 20.9. The van der Waals surface area contributed by atoms with E-state index in [1.165, 1.54) is 23.5 Å². The lowest BCUT2D eigenvalue weighted by atomic mass is 10.0. The number of aromatic nitrogens is 1. The lowest BCUT2D eigenvalue weighted by molar-refractivity contribution is -0.139. The number of nitrogens with zero attached hydrogens (tertiary/aromatic N) is 1. The number of Topliss-reactive ketones (excluding diaryl/α,β-unsaturated/α-hetero) is 1. The van der Waals surface area contributed by atoms with Crippen LogP contribution in [0.2, 0.25) is 0 Å². The van der Waals surface area contributed by atoms with E-state index in [4.69, 9.17) is 14.8 Å². The van der Waals surface area contributed by atoms with Crippen molar-refractivity contribution in [1.29, 1.82) is 0 Å². The highest BCUT2D eigenvalue weighted by Crippen LogP contribution is 2.34. The summed E-state index contributed by atoms with van der Waals surface area (Å²) in [5, 5.41) is 9.43. The zero-order chi connectivity index (χ0) is 27.0. The Morgan fingerprint density at radius 3 is 2.38 bits per heavy atom. The van der Waals surface area contributed by atoms with Crippen molar-refractivity contribution in [1.82, 2.24) is 4.98 Å². The molecule has 0 spiro atoms. The van der Waals surface area contributed by atoms with Crippen LogP contribution in [0.1, 0.15) is 71.1 Å². The van der Waals surface area contributed by atoms with Crippen LogP contribution in [-0.4, -0.2) is 28.4 Å². The summed E-state index contributed by atoms with van der Waals surface area (Å²) in [4.78, 5) is 29.3. The molecule has 0 saturated carbocycles. The van der Waals surface area contributed by atoms with Gasteiger partial charge in [0.05, 0.1) is 11.3 Å². The zero-order valence-corrected chi connectivity index (χ0v) is 21.7. The fraction of sp³-hybridized carbons (Fsp3) is 0.393. The maximum atomic E-state index is 13.0. The number of ether oxygens (including phenoxy) is 1. The van der Waals surface area contributed by atoms with Gasteiger partial charge in [0.1, 0.15) is 10.8 Å². The molecule has 0 unspecified atom stereocenters. The van der Waals surface area contributed by atoms with Crippen molar-refractivity contribution in [2.24, 2.45) is 0 Å². The molecule has 198 valence electrons. The minimum Gasteiger partial charge on any atom is -0.482 e. The monoisotopic (exact) mass is 533 g/mol. The summed E-state index contributed by atoms with van der Waals surface area (Å²) in [5.74, 6) is -0.725. The van der Waals surface area contributed by atoms with E-state index in [1.807, 2.05) is 0 Å². The number of aryl methyl sites for hydroxylation is 3. The van der Waals surface area contributed by atoms with Gasteiger partial charge in [-0.05, 0) is 62.1 Å². The first-order valence-corrected chi connectivity index (χ1v) is 13.0. The van der Waals surface area contributed by atoms with Gasteiger partial charge in [0, 0.05) is 22.4 Å². The fourth-order valence-corrected chi connectivity index (χ4v) is 5.03. The number of thiazole rings is 1. The predicted octanol–water partition coefficient (Wildman–Crippen LogP) is 7.54. The number of ketones is 1.